The molecule has 0 radical (unpaired) electrons. The normalized spacial score (nSPS) is 40.8. The van der Waals surface area contributed by atoms with Crippen molar-refractivity contribution in [3.63, 3.8) is 0 Å². The molecule has 8 N–H and O–H groups in total. The van der Waals surface area contributed by atoms with Crippen LogP contribution in [0.4, 0.5) is 4.79 Å². The van der Waals surface area contributed by atoms with Gasteiger partial charge in [-0.2, -0.15) is 5.06 Å². The van der Waals surface area contributed by atoms with Crippen molar-refractivity contribution in [1.82, 2.24) is 10.4 Å². The number of nitrogens with zero attached hydrogens (tertiary/aromatic N) is 1. The fraction of sp³-hybridized carbons (Fsp3) is 0.966. The first kappa shape index (κ1) is 36.3. The van der Waals surface area contributed by atoms with E-state index in [9.17, 15) is 30.4 Å². The van der Waals surface area contributed by atoms with Crippen molar-refractivity contribution in [2.45, 2.75) is 141 Å². The van der Waals surface area contributed by atoms with Crippen molar-refractivity contribution in [3.05, 3.63) is 0 Å². The summed E-state index contributed by atoms with van der Waals surface area (Å²) in [7, 11) is 0. The number of carbonyl (C=O) groups excluding carboxylic acids is 1. The van der Waals surface area contributed by atoms with E-state index < -0.39 is 73.5 Å². The third kappa shape index (κ3) is 9.91. The highest BCUT2D eigenvalue weighted by Gasteiger charge is 2.50. The molecule has 14 heteroatoms. The molecule has 14 nitrogen and oxygen atoms in total. The van der Waals surface area contributed by atoms with E-state index in [2.05, 4.69) is 19.2 Å². The summed E-state index contributed by atoms with van der Waals surface area (Å²) in [6.07, 6.45) is -5.33. The average Bonchev–Trinajstić information content (AvgIpc) is 2.94. The van der Waals surface area contributed by atoms with Crippen molar-refractivity contribution in [3.8, 4) is 0 Å². The second kappa shape index (κ2) is 15.9. The number of hydrogen-bond donors (Lipinski definition) is 7. The molecule has 2 aliphatic heterocycles. The monoisotopic (exact) mass is 621 g/mol. The average molecular weight is 622 g/mol. The van der Waals surface area contributed by atoms with Gasteiger partial charge in [0.25, 0.3) is 0 Å². The molecule has 0 aromatic rings. The summed E-state index contributed by atoms with van der Waals surface area (Å²) < 4.78 is 29.7. The number of alkyl carbamates (subject to hydrolysis) is 1. The molecule has 2 saturated heterocycles. The zero-order chi connectivity index (χ0) is 32.1. The van der Waals surface area contributed by atoms with Gasteiger partial charge in [0.2, 0.25) is 0 Å². The first-order valence-corrected chi connectivity index (χ1v) is 15.6. The molecule has 3 aliphatic rings. The van der Waals surface area contributed by atoms with E-state index in [1.807, 2.05) is 6.92 Å². The lowest BCUT2D eigenvalue weighted by Gasteiger charge is -2.48. The number of hydroxylamine groups is 2. The largest absolute Gasteiger partial charge is 0.444 e. The Morgan fingerprint density at radius 1 is 1.00 bits per heavy atom. The molecule has 1 amide bonds. The lowest BCUT2D eigenvalue weighted by molar-refractivity contribution is -0.323. The summed E-state index contributed by atoms with van der Waals surface area (Å²) in [5.41, 5.74) is 5.32. The van der Waals surface area contributed by atoms with Crippen molar-refractivity contribution in [2.75, 3.05) is 19.8 Å². The highest BCUT2D eigenvalue weighted by atomic mass is 16.7. The van der Waals surface area contributed by atoms with Crippen LogP contribution in [0, 0.1) is 17.8 Å². The van der Waals surface area contributed by atoms with E-state index in [0.29, 0.717) is 12.8 Å². The first-order chi connectivity index (χ1) is 20.1. The Morgan fingerprint density at radius 2 is 1.67 bits per heavy atom. The molecule has 1 aliphatic carbocycles. The van der Waals surface area contributed by atoms with E-state index in [1.165, 1.54) is 0 Å². The quantitative estimate of drug-likeness (QED) is 0.125. The van der Waals surface area contributed by atoms with Gasteiger partial charge in [-0.3, -0.25) is 0 Å². The van der Waals surface area contributed by atoms with Gasteiger partial charge in [0.1, 0.15) is 30.0 Å². The van der Waals surface area contributed by atoms with Crippen LogP contribution in [0.3, 0.4) is 0 Å². The Bertz CT molecular complexity index is 862. The van der Waals surface area contributed by atoms with Gasteiger partial charge in [0.05, 0.1) is 37.6 Å². The Labute approximate surface area is 254 Å². The molecular weight excluding hydrogens is 566 g/mol. The summed E-state index contributed by atoms with van der Waals surface area (Å²) in [4.78, 5) is 12.0. The van der Waals surface area contributed by atoms with Crippen molar-refractivity contribution in [1.29, 1.82) is 0 Å². The van der Waals surface area contributed by atoms with Gasteiger partial charge < -0.3 is 60.4 Å². The molecule has 3 rings (SSSR count). The van der Waals surface area contributed by atoms with Crippen LogP contribution in [0.15, 0.2) is 0 Å². The van der Waals surface area contributed by atoms with E-state index in [0.717, 1.165) is 24.3 Å². The highest BCUT2D eigenvalue weighted by Crippen LogP contribution is 2.39. The Morgan fingerprint density at radius 3 is 2.30 bits per heavy atom. The molecule has 0 aromatic carbocycles. The third-order valence-electron chi connectivity index (χ3n) is 8.65. The number of ether oxygens (including phenoxy) is 5. The molecule has 0 bridgehead atoms. The lowest BCUT2D eigenvalue weighted by Crippen LogP contribution is -2.64. The SMILES string of the molecule is CC[C@@H]1CC[C@@H](C)[C@@H](OC2[C@@H](C)C[C@@H](CCN(O)CNC(=O)OC(C)(C)C)[C@H](O[C@H]3O[C@H](CO)[C@@H](O)[C@H](N)[C@H]3O)[C@H]2O)O1. The predicted octanol–water partition coefficient (Wildman–Crippen LogP) is 0.655. The number of amides is 1. The summed E-state index contributed by atoms with van der Waals surface area (Å²) >= 11 is 0. The molecule has 0 spiro atoms. The number of nitrogens with one attached hydrogen (secondary N) is 1. The smallest absolute Gasteiger partial charge is 0.408 e. The maximum absolute atomic E-state index is 12.0. The van der Waals surface area contributed by atoms with Crippen LogP contribution in [-0.2, 0) is 23.7 Å². The van der Waals surface area contributed by atoms with E-state index in [1.54, 1.807) is 20.8 Å². The number of rotatable bonds is 11. The van der Waals surface area contributed by atoms with Crippen LogP contribution in [0.25, 0.3) is 0 Å². The van der Waals surface area contributed by atoms with Crippen molar-refractivity contribution in [2.24, 2.45) is 23.5 Å². The highest BCUT2D eigenvalue weighted by molar-refractivity contribution is 5.67. The van der Waals surface area contributed by atoms with Crippen molar-refractivity contribution < 1.29 is 54.1 Å². The second-order valence-corrected chi connectivity index (χ2v) is 13.4. The fourth-order valence-corrected chi connectivity index (χ4v) is 6.08. The topological polar surface area (TPSA) is 206 Å². The van der Waals surface area contributed by atoms with Gasteiger partial charge >= 0.3 is 6.09 Å². The maximum Gasteiger partial charge on any atom is 0.408 e. The first-order valence-electron chi connectivity index (χ1n) is 15.6. The van der Waals surface area contributed by atoms with Gasteiger partial charge in [-0.15, -0.1) is 0 Å². The maximum atomic E-state index is 12.0. The molecule has 3 fully saturated rings. The molecule has 2 heterocycles. The molecule has 43 heavy (non-hydrogen) atoms. The molecule has 252 valence electrons. The van der Waals surface area contributed by atoms with E-state index >= 15 is 0 Å². The minimum Gasteiger partial charge on any atom is -0.444 e. The standard InChI is InChI=1S/C29H55N3O11/c1-7-18-9-8-15(2)26(39-18)41-24-16(3)12-17(10-11-32(38)14-31-28(37)43-29(4,5)6)25(23(24)36)42-27-22(35)20(30)21(34)19(13-33)40-27/h15-27,33-36,38H,7-14,30H2,1-6H3,(H,31,37)/t15-,16+,17-,18-,19-,20+,21-,22-,23+,24?,25+,26-,27-/m1/s1. The van der Waals surface area contributed by atoms with Gasteiger partial charge in [0, 0.05) is 12.5 Å². The molecule has 0 aromatic heterocycles. The Balaban J connectivity index is 1.73. The van der Waals surface area contributed by atoms with Crippen LogP contribution >= 0.6 is 0 Å². The Kier molecular flexibility index (Phi) is 13.4. The second-order valence-electron chi connectivity index (χ2n) is 13.4. The summed E-state index contributed by atoms with van der Waals surface area (Å²) in [5, 5.41) is 56.3. The van der Waals surface area contributed by atoms with Crippen LogP contribution < -0.4 is 11.1 Å². The molecule has 13 atom stereocenters. The van der Waals surface area contributed by atoms with Crippen LogP contribution in [0.2, 0.25) is 0 Å². The third-order valence-corrected chi connectivity index (χ3v) is 8.65. The summed E-state index contributed by atoms with van der Waals surface area (Å²) in [5.74, 6) is -0.315. The number of carbonyl (C=O) groups is 1. The van der Waals surface area contributed by atoms with E-state index in [-0.39, 0.29) is 37.1 Å². The zero-order valence-electron chi connectivity index (χ0n) is 26.4. The Hall–Kier alpha value is -1.17. The number of hydrogen-bond acceptors (Lipinski definition) is 13. The lowest BCUT2D eigenvalue weighted by atomic mass is 9.74. The molecule has 1 saturated carbocycles. The number of nitrogens with two attached hydrogens (primary N) is 1. The molecule has 1 unspecified atom stereocenters. The summed E-state index contributed by atoms with van der Waals surface area (Å²) in [6.45, 7) is 10.7. The van der Waals surface area contributed by atoms with Gasteiger partial charge in [-0.1, -0.05) is 20.8 Å². The van der Waals surface area contributed by atoms with Crippen LogP contribution in [0.1, 0.15) is 73.6 Å². The van der Waals surface area contributed by atoms with Crippen LogP contribution in [0.5, 0.6) is 0 Å². The fourth-order valence-electron chi connectivity index (χ4n) is 6.08. The predicted molar refractivity (Wildman–Crippen MR) is 153 cm³/mol. The number of aliphatic hydroxyl groups excluding tert-OH is 4. The van der Waals surface area contributed by atoms with Crippen molar-refractivity contribution >= 4 is 6.09 Å². The zero-order valence-corrected chi connectivity index (χ0v) is 26.4. The van der Waals surface area contributed by atoms with Gasteiger partial charge in [0.15, 0.2) is 12.6 Å². The minimum atomic E-state index is -1.43. The number of aliphatic hydroxyl groups is 4. The van der Waals surface area contributed by atoms with E-state index in [4.69, 9.17) is 29.4 Å². The van der Waals surface area contributed by atoms with Gasteiger partial charge in [-0.05, 0) is 64.7 Å². The van der Waals surface area contributed by atoms with Crippen LogP contribution in [-0.4, -0.2) is 124 Å². The molecular formula is C29H55N3O11. The van der Waals surface area contributed by atoms with Gasteiger partial charge in [-0.25, -0.2) is 4.79 Å². The minimum absolute atomic E-state index is 0.0796. The summed E-state index contributed by atoms with van der Waals surface area (Å²) in [6, 6.07) is -1.14.